The van der Waals surface area contributed by atoms with Crippen LogP contribution in [0.2, 0.25) is 0 Å². The van der Waals surface area contributed by atoms with Crippen molar-refractivity contribution in [1.29, 1.82) is 0 Å². The highest BCUT2D eigenvalue weighted by molar-refractivity contribution is 9.10. The number of anilines is 1. The number of halogens is 2. The van der Waals surface area contributed by atoms with Gasteiger partial charge in [0.05, 0.1) is 6.20 Å². The van der Waals surface area contributed by atoms with Gasteiger partial charge in [-0.1, -0.05) is 0 Å². The maximum absolute atomic E-state index is 13.3. The molecule has 0 unspecified atom stereocenters. The molecule has 0 radical (unpaired) electrons. The zero-order chi connectivity index (χ0) is 9.42. The molecule has 2 aromatic rings. The van der Waals surface area contributed by atoms with Crippen LogP contribution in [0.4, 0.5) is 10.2 Å². The van der Waals surface area contributed by atoms with Crippen LogP contribution in [-0.4, -0.2) is 16.4 Å². The SMILES string of the molecule is CNc1cn2cc(Br)cc(F)c2n1. The van der Waals surface area contributed by atoms with E-state index >= 15 is 0 Å². The first kappa shape index (κ1) is 8.50. The van der Waals surface area contributed by atoms with Gasteiger partial charge in [0.2, 0.25) is 0 Å². The fourth-order valence-corrected chi connectivity index (χ4v) is 1.57. The molecule has 2 aromatic heterocycles. The quantitative estimate of drug-likeness (QED) is 0.833. The van der Waals surface area contributed by atoms with E-state index in [4.69, 9.17) is 0 Å². The van der Waals surface area contributed by atoms with Crippen molar-refractivity contribution in [2.45, 2.75) is 0 Å². The molecule has 1 N–H and O–H groups in total. The minimum atomic E-state index is -0.337. The maximum Gasteiger partial charge on any atom is 0.175 e. The van der Waals surface area contributed by atoms with Gasteiger partial charge < -0.3 is 9.72 Å². The molecule has 0 saturated heterocycles. The number of hydrogen-bond donors (Lipinski definition) is 1. The topological polar surface area (TPSA) is 29.3 Å². The molecular weight excluding hydrogens is 237 g/mol. The van der Waals surface area contributed by atoms with Crippen molar-refractivity contribution in [3.8, 4) is 0 Å². The second-order valence-corrected chi connectivity index (χ2v) is 3.53. The van der Waals surface area contributed by atoms with Crippen LogP contribution in [0, 0.1) is 5.82 Å². The second kappa shape index (κ2) is 2.99. The van der Waals surface area contributed by atoms with Gasteiger partial charge in [-0.2, -0.15) is 0 Å². The lowest BCUT2D eigenvalue weighted by atomic mass is 10.4. The lowest BCUT2D eigenvalue weighted by molar-refractivity contribution is 0.629. The number of pyridine rings is 1. The maximum atomic E-state index is 13.3. The third-order valence-corrected chi connectivity index (χ3v) is 2.16. The Balaban J connectivity index is 2.75. The van der Waals surface area contributed by atoms with Crippen molar-refractivity contribution in [3.05, 3.63) is 28.7 Å². The van der Waals surface area contributed by atoms with E-state index in [0.29, 0.717) is 15.9 Å². The standard InChI is InChI=1S/C8H7BrFN3/c1-11-7-4-13-3-5(9)2-6(10)8(13)12-7/h2-4,11H,1H3. The van der Waals surface area contributed by atoms with Gasteiger partial charge in [-0.3, -0.25) is 0 Å². The molecule has 3 nitrogen and oxygen atoms in total. The van der Waals surface area contributed by atoms with Gasteiger partial charge in [-0.15, -0.1) is 0 Å². The molecule has 0 atom stereocenters. The number of nitrogens with one attached hydrogen (secondary N) is 1. The summed E-state index contributed by atoms with van der Waals surface area (Å²) >= 11 is 3.21. The third kappa shape index (κ3) is 1.39. The molecule has 2 rings (SSSR count). The average Bonchev–Trinajstić information content (AvgIpc) is 2.47. The van der Waals surface area contributed by atoms with Crippen LogP contribution >= 0.6 is 15.9 Å². The highest BCUT2D eigenvalue weighted by atomic mass is 79.9. The van der Waals surface area contributed by atoms with Crippen LogP contribution in [0.5, 0.6) is 0 Å². The van der Waals surface area contributed by atoms with E-state index < -0.39 is 0 Å². The van der Waals surface area contributed by atoms with Gasteiger partial charge in [-0.05, 0) is 22.0 Å². The Morgan fingerprint density at radius 1 is 1.54 bits per heavy atom. The van der Waals surface area contributed by atoms with Gasteiger partial charge in [0.1, 0.15) is 5.82 Å². The molecule has 0 saturated carbocycles. The summed E-state index contributed by atoms with van der Waals surface area (Å²) in [4.78, 5) is 4.03. The highest BCUT2D eigenvalue weighted by Gasteiger charge is 2.05. The van der Waals surface area contributed by atoms with Gasteiger partial charge >= 0.3 is 0 Å². The molecule has 2 heterocycles. The number of rotatable bonds is 1. The van der Waals surface area contributed by atoms with Crippen molar-refractivity contribution < 1.29 is 4.39 Å². The van der Waals surface area contributed by atoms with E-state index in [-0.39, 0.29) is 5.82 Å². The van der Waals surface area contributed by atoms with Crippen LogP contribution in [0.15, 0.2) is 22.9 Å². The lowest BCUT2D eigenvalue weighted by Gasteiger charge is -1.94. The average molecular weight is 244 g/mol. The summed E-state index contributed by atoms with van der Waals surface area (Å²) in [5, 5.41) is 2.85. The Kier molecular flexibility index (Phi) is 1.95. The molecular formula is C8H7BrFN3. The second-order valence-electron chi connectivity index (χ2n) is 2.61. The molecule has 68 valence electrons. The largest absolute Gasteiger partial charge is 0.372 e. The minimum absolute atomic E-state index is 0.326. The van der Waals surface area contributed by atoms with Gasteiger partial charge in [-0.25, -0.2) is 9.37 Å². The van der Waals surface area contributed by atoms with E-state index in [9.17, 15) is 4.39 Å². The third-order valence-electron chi connectivity index (χ3n) is 1.73. The van der Waals surface area contributed by atoms with Gasteiger partial charge in [0.15, 0.2) is 11.5 Å². The summed E-state index contributed by atoms with van der Waals surface area (Å²) in [6.07, 6.45) is 3.48. The van der Waals surface area contributed by atoms with E-state index in [1.165, 1.54) is 6.07 Å². The summed E-state index contributed by atoms with van der Waals surface area (Å²) in [5.41, 5.74) is 0.326. The van der Waals surface area contributed by atoms with Gasteiger partial charge in [0.25, 0.3) is 0 Å². The number of nitrogens with zero attached hydrogens (tertiary/aromatic N) is 2. The summed E-state index contributed by atoms with van der Waals surface area (Å²) in [5.74, 6) is 0.313. The van der Waals surface area contributed by atoms with E-state index in [0.717, 1.165) is 0 Å². The first-order chi connectivity index (χ1) is 6.20. The Labute approximate surface area is 82.7 Å². The molecule has 5 heteroatoms. The van der Waals surface area contributed by atoms with Gasteiger partial charge in [0, 0.05) is 17.7 Å². The van der Waals surface area contributed by atoms with Crippen molar-refractivity contribution in [1.82, 2.24) is 9.38 Å². The molecule has 0 aliphatic rings. The normalized spacial score (nSPS) is 10.7. The first-order valence-electron chi connectivity index (χ1n) is 3.72. The lowest BCUT2D eigenvalue weighted by Crippen LogP contribution is -1.87. The molecule has 0 spiro atoms. The van der Waals surface area contributed by atoms with E-state index in [1.807, 2.05) is 0 Å². The van der Waals surface area contributed by atoms with Crippen molar-refractivity contribution >= 4 is 27.4 Å². The Morgan fingerprint density at radius 2 is 2.31 bits per heavy atom. The fraction of sp³-hybridized carbons (Fsp3) is 0.125. The van der Waals surface area contributed by atoms with Crippen molar-refractivity contribution in [2.75, 3.05) is 12.4 Å². The van der Waals surface area contributed by atoms with E-state index in [2.05, 4.69) is 26.2 Å². The predicted molar refractivity (Wildman–Crippen MR) is 52.4 cm³/mol. The fourth-order valence-electron chi connectivity index (χ4n) is 1.14. The summed E-state index contributed by atoms with van der Waals surface area (Å²) in [7, 11) is 1.74. The Hall–Kier alpha value is -1.10. The molecule has 0 aliphatic heterocycles. The van der Waals surface area contributed by atoms with Crippen molar-refractivity contribution in [3.63, 3.8) is 0 Å². The van der Waals surface area contributed by atoms with Crippen molar-refractivity contribution in [2.24, 2.45) is 0 Å². The molecule has 0 aromatic carbocycles. The predicted octanol–water partition coefficient (Wildman–Crippen LogP) is 2.28. The smallest absolute Gasteiger partial charge is 0.175 e. The number of imidazole rings is 1. The zero-order valence-corrected chi connectivity index (χ0v) is 8.47. The summed E-state index contributed by atoms with van der Waals surface area (Å²) < 4.78 is 15.6. The first-order valence-corrected chi connectivity index (χ1v) is 4.51. The molecule has 0 amide bonds. The number of aromatic nitrogens is 2. The van der Waals surface area contributed by atoms with Crippen LogP contribution < -0.4 is 5.32 Å². The van der Waals surface area contributed by atoms with E-state index in [1.54, 1.807) is 23.8 Å². The molecule has 0 fully saturated rings. The van der Waals surface area contributed by atoms with Crippen LogP contribution in [0.3, 0.4) is 0 Å². The Morgan fingerprint density at radius 3 is 3.00 bits per heavy atom. The number of fused-ring (bicyclic) bond motifs is 1. The molecule has 0 aliphatic carbocycles. The molecule has 0 bridgehead atoms. The highest BCUT2D eigenvalue weighted by Crippen LogP contribution is 2.17. The molecule has 13 heavy (non-hydrogen) atoms. The van der Waals surface area contributed by atoms with Crippen LogP contribution in [0.1, 0.15) is 0 Å². The Bertz CT molecular complexity index is 452. The monoisotopic (exact) mass is 243 g/mol. The summed E-state index contributed by atoms with van der Waals surface area (Å²) in [6.45, 7) is 0. The van der Waals surface area contributed by atoms with Crippen LogP contribution in [0.25, 0.3) is 5.65 Å². The van der Waals surface area contributed by atoms with Crippen LogP contribution in [-0.2, 0) is 0 Å². The summed E-state index contributed by atoms with van der Waals surface area (Å²) in [6, 6.07) is 1.39. The zero-order valence-electron chi connectivity index (χ0n) is 6.88. The minimum Gasteiger partial charge on any atom is -0.372 e. The number of hydrogen-bond acceptors (Lipinski definition) is 2.